The summed E-state index contributed by atoms with van der Waals surface area (Å²) in [5.74, 6) is 0.985. The molecular formula is C18H20N4O4. The van der Waals surface area contributed by atoms with Crippen LogP contribution >= 0.6 is 0 Å². The van der Waals surface area contributed by atoms with E-state index in [1.54, 1.807) is 31.2 Å². The first-order chi connectivity index (χ1) is 12.5. The SMILES string of the molecule is C=C/C=C(\C=C)c1cc(C(=O)NC2CC(c3nc(C(C)O)no3)C2)no1. The molecule has 2 heterocycles. The molecule has 1 unspecified atom stereocenters. The van der Waals surface area contributed by atoms with E-state index in [9.17, 15) is 9.90 Å². The van der Waals surface area contributed by atoms with Gasteiger partial charge < -0.3 is 19.5 Å². The minimum Gasteiger partial charge on any atom is -0.385 e. The van der Waals surface area contributed by atoms with E-state index >= 15 is 0 Å². The molecular weight excluding hydrogens is 336 g/mol. The van der Waals surface area contributed by atoms with Gasteiger partial charge in [0.05, 0.1) is 0 Å². The van der Waals surface area contributed by atoms with Crippen molar-refractivity contribution in [3.63, 3.8) is 0 Å². The summed E-state index contributed by atoms with van der Waals surface area (Å²) in [6.07, 6.45) is 5.54. The number of aromatic nitrogens is 3. The van der Waals surface area contributed by atoms with Gasteiger partial charge in [0, 0.05) is 23.6 Å². The minimum absolute atomic E-state index is 0.00265. The van der Waals surface area contributed by atoms with Crippen molar-refractivity contribution in [2.24, 2.45) is 0 Å². The molecule has 0 bridgehead atoms. The number of carbonyl (C=O) groups excluding carboxylic acids is 1. The fourth-order valence-corrected chi connectivity index (χ4v) is 2.68. The highest BCUT2D eigenvalue weighted by Crippen LogP contribution is 2.36. The first kappa shape index (κ1) is 17.8. The second-order valence-electron chi connectivity index (χ2n) is 6.14. The highest BCUT2D eigenvalue weighted by Gasteiger charge is 2.36. The Morgan fingerprint density at radius 1 is 1.38 bits per heavy atom. The number of allylic oxidation sites excluding steroid dienone is 4. The molecule has 3 rings (SSSR count). The van der Waals surface area contributed by atoms with Gasteiger partial charge in [0.15, 0.2) is 17.3 Å². The lowest BCUT2D eigenvalue weighted by Crippen LogP contribution is -2.43. The van der Waals surface area contributed by atoms with E-state index < -0.39 is 6.10 Å². The van der Waals surface area contributed by atoms with Crippen LogP contribution in [0.5, 0.6) is 0 Å². The van der Waals surface area contributed by atoms with Crippen molar-refractivity contribution >= 4 is 11.5 Å². The van der Waals surface area contributed by atoms with Crippen molar-refractivity contribution < 1.29 is 18.9 Å². The molecule has 1 amide bonds. The molecule has 0 saturated heterocycles. The summed E-state index contributed by atoms with van der Waals surface area (Å²) in [5, 5.41) is 19.9. The van der Waals surface area contributed by atoms with Crippen LogP contribution in [0, 0.1) is 0 Å². The summed E-state index contributed by atoms with van der Waals surface area (Å²) in [4.78, 5) is 16.4. The van der Waals surface area contributed by atoms with Crippen LogP contribution in [0.2, 0.25) is 0 Å². The Morgan fingerprint density at radius 3 is 2.77 bits per heavy atom. The lowest BCUT2D eigenvalue weighted by molar-refractivity contribution is 0.0892. The minimum atomic E-state index is -0.764. The molecule has 0 aromatic carbocycles. The third-order valence-corrected chi connectivity index (χ3v) is 4.20. The average molecular weight is 356 g/mol. The number of nitrogens with zero attached hydrogens (tertiary/aromatic N) is 3. The predicted octanol–water partition coefficient (Wildman–Crippen LogP) is 2.54. The second-order valence-corrected chi connectivity index (χ2v) is 6.14. The molecule has 0 spiro atoms. The third kappa shape index (κ3) is 3.65. The van der Waals surface area contributed by atoms with E-state index in [1.165, 1.54) is 0 Å². The standard InChI is InChI=1S/C18H20N4O4/c1-4-6-11(5-2)15-9-14(21-25-15)17(24)19-13-7-12(8-13)18-20-16(10(3)23)22-26-18/h4-6,9-10,12-13,23H,1-2,7-8H2,3H3,(H,19,24)/b11-6+. The summed E-state index contributed by atoms with van der Waals surface area (Å²) < 4.78 is 10.3. The molecule has 136 valence electrons. The van der Waals surface area contributed by atoms with Crippen LogP contribution in [0.25, 0.3) is 5.57 Å². The number of rotatable bonds is 7. The first-order valence-electron chi connectivity index (χ1n) is 8.26. The van der Waals surface area contributed by atoms with E-state index in [0.717, 1.165) is 0 Å². The van der Waals surface area contributed by atoms with Gasteiger partial charge in [-0.05, 0) is 19.8 Å². The van der Waals surface area contributed by atoms with Gasteiger partial charge >= 0.3 is 0 Å². The smallest absolute Gasteiger partial charge is 0.273 e. The molecule has 8 heteroatoms. The van der Waals surface area contributed by atoms with Gasteiger partial charge in [-0.1, -0.05) is 41.7 Å². The topological polar surface area (TPSA) is 114 Å². The van der Waals surface area contributed by atoms with Crippen LogP contribution in [0.4, 0.5) is 0 Å². The molecule has 8 nitrogen and oxygen atoms in total. The predicted molar refractivity (Wildman–Crippen MR) is 93.0 cm³/mol. The van der Waals surface area contributed by atoms with Gasteiger partial charge in [0.1, 0.15) is 6.10 Å². The van der Waals surface area contributed by atoms with Gasteiger partial charge in [-0.2, -0.15) is 4.98 Å². The van der Waals surface area contributed by atoms with E-state index in [0.29, 0.717) is 30.1 Å². The third-order valence-electron chi connectivity index (χ3n) is 4.20. The largest absolute Gasteiger partial charge is 0.385 e. The summed E-state index contributed by atoms with van der Waals surface area (Å²) in [7, 11) is 0. The van der Waals surface area contributed by atoms with Gasteiger partial charge in [0.25, 0.3) is 5.91 Å². The number of aliphatic hydroxyl groups is 1. The van der Waals surface area contributed by atoms with Crippen molar-refractivity contribution in [2.45, 2.75) is 37.8 Å². The summed E-state index contributed by atoms with van der Waals surface area (Å²) in [5.41, 5.74) is 0.898. The Balaban J connectivity index is 1.55. The summed E-state index contributed by atoms with van der Waals surface area (Å²) >= 11 is 0. The van der Waals surface area contributed by atoms with Crippen LogP contribution < -0.4 is 5.32 Å². The fraction of sp³-hybridized carbons (Fsp3) is 0.333. The quantitative estimate of drug-likeness (QED) is 0.733. The van der Waals surface area contributed by atoms with Crippen LogP contribution in [0.1, 0.15) is 59.8 Å². The van der Waals surface area contributed by atoms with E-state index in [-0.39, 0.29) is 29.4 Å². The molecule has 2 N–H and O–H groups in total. The molecule has 26 heavy (non-hydrogen) atoms. The van der Waals surface area contributed by atoms with Crippen molar-refractivity contribution in [1.82, 2.24) is 20.6 Å². The normalized spacial score (nSPS) is 20.9. The Bertz CT molecular complexity index is 843. The second kappa shape index (κ2) is 7.49. The zero-order valence-electron chi connectivity index (χ0n) is 14.4. The molecule has 1 aliphatic carbocycles. The first-order valence-corrected chi connectivity index (χ1v) is 8.26. The molecule has 0 radical (unpaired) electrons. The fourth-order valence-electron chi connectivity index (χ4n) is 2.68. The lowest BCUT2D eigenvalue weighted by Gasteiger charge is -2.33. The Labute approximate surface area is 150 Å². The number of amides is 1. The Morgan fingerprint density at radius 2 is 2.15 bits per heavy atom. The van der Waals surface area contributed by atoms with Crippen LogP contribution in [-0.2, 0) is 0 Å². The van der Waals surface area contributed by atoms with Crippen LogP contribution in [0.3, 0.4) is 0 Å². The highest BCUT2D eigenvalue weighted by molar-refractivity contribution is 5.93. The van der Waals surface area contributed by atoms with Crippen molar-refractivity contribution in [1.29, 1.82) is 0 Å². The van der Waals surface area contributed by atoms with Crippen molar-refractivity contribution in [3.8, 4) is 0 Å². The summed E-state index contributed by atoms with van der Waals surface area (Å²) in [6, 6.07) is 1.56. The number of hydrogen-bond acceptors (Lipinski definition) is 7. The molecule has 1 aliphatic rings. The Hall–Kier alpha value is -3.00. The van der Waals surface area contributed by atoms with E-state index in [4.69, 9.17) is 9.05 Å². The molecule has 1 fully saturated rings. The zero-order chi connectivity index (χ0) is 18.7. The maximum Gasteiger partial charge on any atom is 0.273 e. The monoisotopic (exact) mass is 356 g/mol. The maximum atomic E-state index is 12.3. The van der Waals surface area contributed by atoms with Gasteiger partial charge in [0.2, 0.25) is 5.89 Å². The summed E-state index contributed by atoms with van der Waals surface area (Å²) in [6.45, 7) is 8.89. The van der Waals surface area contributed by atoms with Crippen LogP contribution in [-0.4, -0.2) is 32.4 Å². The molecule has 0 aliphatic heterocycles. The van der Waals surface area contributed by atoms with Gasteiger partial charge in [-0.15, -0.1) is 0 Å². The number of nitrogens with one attached hydrogen (secondary N) is 1. The Kier molecular flexibility index (Phi) is 5.13. The maximum absolute atomic E-state index is 12.3. The number of aliphatic hydroxyl groups excluding tert-OH is 1. The number of hydrogen-bond donors (Lipinski definition) is 2. The molecule has 2 aromatic rings. The van der Waals surface area contributed by atoms with Crippen molar-refractivity contribution in [3.05, 3.63) is 60.6 Å². The van der Waals surface area contributed by atoms with E-state index in [2.05, 4.69) is 33.8 Å². The molecule has 2 aromatic heterocycles. The lowest BCUT2D eigenvalue weighted by atomic mass is 9.80. The van der Waals surface area contributed by atoms with Crippen molar-refractivity contribution in [2.75, 3.05) is 0 Å². The molecule has 1 atom stereocenters. The number of carbonyl (C=O) groups is 1. The van der Waals surface area contributed by atoms with E-state index in [1.807, 2.05) is 0 Å². The molecule has 1 saturated carbocycles. The average Bonchev–Trinajstić information content (AvgIpc) is 3.24. The van der Waals surface area contributed by atoms with Gasteiger partial charge in [-0.3, -0.25) is 4.79 Å². The van der Waals surface area contributed by atoms with Crippen LogP contribution in [0.15, 0.2) is 46.5 Å². The highest BCUT2D eigenvalue weighted by atomic mass is 16.5. The van der Waals surface area contributed by atoms with Gasteiger partial charge in [-0.25, -0.2) is 0 Å². The zero-order valence-corrected chi connectivity index (χ0v) is 14.4.